The lowest BCUT2D eigenvalue weighted by atomic mass is 10.0. The molecule has 3 rings (SSSR count). The van der Waals surface area contributed by atoms with Crippen molar-refractivity contribution in [2.24, 2.45) is 11.1 Å². The molecule has 2 atom stereocenters. The Bertz CT molecular complexity index is 467. The van der Waals surface area contributed by atoms with Crippen molar-refractivity contribution in [3.8, 4) is 0 Å². The van der Waals surface area contributed by atoms with E-state index in [4.69, 9.17) is 9.94 Å². The summed E-state index contributed by atoms with van der Waals surface area (Å²) < 4.78 is 5.19. The van der Waals surface area contributed by atoms with Crippen LogP contribution in [0.25, 0.3) is 0 Å². The summed E-state index contributed by atoms with van der Waals surface area (Å²) in [5.74, 6) is -0.609. The Morgan fingerprint density at radius 3 is 3.00 bits per heavy atom. The predicted octanol–water partition coefficient (Wildman–Crippen LogP) is 1.29. The van der Waals surface area contributed by atoms with Crippen molar-refractivity contribution in [2.45, 2.75) is 12.5 Å². The molecule has 1 aliphatic heterocycles. The highest BCUT2D eigenvalue weighted by Crippen LogP contribution is 2.43. The second-order valence-corrected chi connectivity index (χ2v) is 3.82. The second-order valence-electron chi connectivity index (χ2n) is 3.82. The highest BCUT2D eigenvalue weighted by molar-refractivity contribution is 6.39. The summed E-state index contributed by atoms with van der Waals surface area (Å²) in [4.78, 5) is 11.3. The number of hydrogen-bond acceptors (Lipinski definition) is 4. The molecule has 1 saturated heterocycles. The minimum absolute atomic E-state index is 0.111. The van der Waals surface area contributed by atoms with Gasteiger partial charge in [0, 0.05) is 0 Å². The first-order chi connectivity index (χ1) is 7.31. The fourth-order valence-corrected chi connectivity index (χ4v) is 2.39. The standard InChI is InChI=1S/C11H9NO3/c13-11-9(12-14)8-5-6-3-1-2-4-7(6)10(8)15-11/h1-4,8,10,14H,5H2/b12-9-/t8-,10-/m0/s1. The van der Waals surface area contributed by atoms with E-state index in [1.54, 1.807) is 0 Å². The fraction of sp³-hybridized carbons (Fsp3) is 0.273. The van der Waals surface area contributed by atoms with Crippen molar-refractivity contribution in [1.29, 1.82) is 0 Å². The SMILES string of the molecule is O=C1O[C@H]2c3ccccc3C[C@H]2/C1=N/O. The van der Waals surface area contributed by atoms with Crippen molar-refractivity contribution in [3.63, 3.8) is 0 Å². The third-order valence-corrected chi connectivity index (χ3v) is 3.07. The second kappa shape index (κ2) is 2.82. The van der Waals surface area contributed by atoms with Crippen LogP contribution in [-0.2, 0) is 16.0 Å². The minimum atomic E-state index is -0.498. The maximum Gasteiger partial charge on any atom is 0.357 e. The summed E-state index contributed by atoms with van der Waals surface area (Å²) in [5.41, 5.74) is 2.35. The van der Waals surface area contributed by atoms with Crippen LogP contribution in [0.1, 0.15) is 17.2 Å². The summed E-state index contributed by atoms with van der Waals surface area (Å²) in [6, 6.07) is 7.84. The predicted molar refractivity (Wildman–Crippen MR) is 51.7 cm³/mol. The van der Waals surface area contributed by atoms with Crippen molar-refractivity contribution < 1.29 is 14.7 Å². The molecule has 1 N–H and O–H groups in total. The van der Waals surface area contributed by atoms with E-state index in [0.717, 1.165) is 5.56 Å². The molecule has 76 valence electrons. The number of carbonyl (C=O) groups excluding carboxylic acids is 1. The fourth-order valence-electron chi connectivity index (χ4n) is 2.39. The van der Waals surface area contributed by atoms with Crippen molar-refractivity contribution in [2.75, 3.05) is 0 Å². The highest BCUT2D eigenvalue weighted by Gasteiger charge is 2.47. The molecule has 1 aromatic rings. The molecular formula is C11H9NO3. The van der Waals surface area contributed by atoms with Crippen LogP contribution in [0, 0.1) is 5.92 Å². The molecule has 0 saturated carbocycles. The molecule has 2 aliphatic rings. The topological polar surface area (TPSA) is 58.9 Å². The Kier molecular flexibility index (Phi) is 1.59. The monoisotopic (exact) mass is 203 g/mol. The molecule has 1 fully saturated rings. The van der Waals surface area contributed by atoms with Gasteiger partial charge in [0.15, 0.2) is 5.71 Å². The molecule has 1 aliphatic carbocycles. The molecule has 0 unspecified atom stereocenters. The summed E-state index contributed by atoms with van der Waals surface area (Å²) in [7, 11) is 0. The largest absolute Gasteiger partial charge is 0.452 e. The molecule has 0 radical (unpaired) electrons. The van der Waals surface area contributed by atoms with Gasteiger partial charge in [-0.25, -0.2) is 4.79 Å². The van der Waals surface area contributed by atoms with Crippen LogP contribution < -0.4 is 0 Å². The lowest BCUT2D eigenvalue weighted by Crippen LogP contribution is -2.15. The third kappa shape index (κ3) is 1.02. The van der Waals surface area contributed by atoms with Crippen LogP contribution in [0.2, 0.25) is 0 Å². The zero-order valence-corrected chi connectivity index (χ0v) is 7.88. The van der Waals surface area contributed by atoms with E-state index in [9.17, 15) is 4.79 Å². The number of esters is 1. The first-order valence-electron chi connectivity index (χ1n) is 4.82. The first kappa shape index (κ1) is 8.47. The highest BCUT2D eigenvalue weighted by atomic mass is 16.6. The Balaban J connectivity index is 2.08. The maximum absolute atomic E-state index is 11.3. The van der Waals surface area contributed by atoms with Gasteiger partial charge in [0.05, 0.1) is 5.92 Å². The van der Waals surface area contributed by atoms with Crippen LogP contribution in [0.15, 0.2) is 29.4 Å². The number of benzene rings is 1. The summed E-state index contributed by atoms with van der Waals surface area (Å²) in [6.45, 7) is 0. The average Bonchev–Trinajstić information content (AvgIpc) is 2.72. The smallest absolute Gasteiger partial charge is 0.357 e. The van der Waals surface area contributed by atoms with E-state index in [1.807, 2.05) is 24.3 Å². The summed E-state index contributed by atoms with van der Waals surface area (Å²) in [5, 5.41) is 11.8. The van der Waals surface area contributed by atoms with Crippen LogP contribution in [0.5, 0.6) is 0 Å². The maximum atomic E-state index is 11.3. The van der Waals surface area contributed by atoms with Crippen LogP contribution in [0.3, 0.4) is 0 Å². The third-order valence-electron chi connectivity index (χ3n) is 3.07. The van der Waals surface area contributed by atoms with E-state index in [-0.39, 0.29) is 17.7 Å². The number of fused-ring (bicyclic) bond motifs is 3. The van der Waals surface area contributed by atoms with Crippen LogP contribution >= 0.6 is 0 Å². The van der Waals surface area contributed by atoms with Gasteiger partial charge in [-0.2, -0.15) is 0 Å². The molecule has 4 heteroatoms. The Morgan fingerprint density at radius 1 is 1.40 bits per heavy atom. The van der Waals surface area contributed by atoms with Gasteiger partial charge in [0.1, 0.15) is 6.10 Å². The minimum Gasteiger partial charge on any atom is -0.452 e. The van der Waals surface area contributed by atoms with Crippen LogP contribution in [0.4, 0.5) is 0 Å². The van der Waals surface area contributed by atoms with Gasteiger partial charge in [0.25, 0.3) is 0 Å². The van der Waals surface area contributed by atoms with Gasteiger partial charge in [-0.05, 0) is 17.5 Å². The molecule has 1 aromatic carbocycles. The Labute approximate surface area is 86.2 Å². The molecule has 1 heterocycles. The normalized spacial score (nSPS) is 30.1. The quantitative estimate of drug-likeness (QED) is 0.392. The van der Waals surface area contributed by atoms with Crippen LogP contribution in [-0.4, -0.2) is 16.9 Å². The number of hydrogen-bond donors (Lipinski definition) is 1. The van der Waals surface area contributed by atoms with Gasteiger partial charge in [-0.15, -0.1) is 0 Å². The van der Waals surface area contributed by atoms with E-state index >= 15 is 0 Å². The Hall–Kier alpha value is -1.84. The zero-order chi connectivity index (χ0) is 10.4. The number of ether oxygens (including phenoxy) is 1. The molecule has 0 amide bonds. The molecular weight excluding hydrogens is 194 g/mol. The van der Waals surface area contributed by atoms with Gasteiger partial charge in [0.2, 0.25) is 0 Å². The van der Waals surface area contributed by atoms with E-state index in [0.29, 0.717) is 6.42 Å². The summed E-state index contributed by atoms with van der Waals surface area (Å²) >= 11 is 0. The number of rotatable bonds is 0. The zero-order valence-electron chi connectivity index (χ0n) is 7.88. The molecule has 4 nitrogen and oxygen atoms in total. The van der Waals surface area contributed by atoms with E-state index in [2.05, 4.69) is 5.16 Å². The van der Waals surface area contributed by atoms with Crippen molar-refractivity contribution >= 4 is 11.7 Å². The van der Waals surface area contributed by atoms with Gasteiger partial charge in [-0.3, -0.25) is 0 Å². The summed E-state index contributed by atoms with van der Waals surface area (Å²) in [6.07, 6.45) is 0.464. The average molecular weight is 203 g/mol. The van der Waals surface area contributed by atoms with Crippen molar-refractivity contribution in [1.82, 2.24) is 0 Å². The first-order valence-corrected chi connectivity index (χ1v) is 4.82. The van der Waals surface area contributed by atoms with Crippen molar-refractivity contribution in [3.05, 3.63) is 35.4 Å². The van der Waals surface area contributed by atoms with E-state index in [1.165, 1.54) is 5.56 Å². The lowest BCUT2D eigenvalue weighted by molar-refractivity contribution is -0.137. The lowest BCUT2D eigenvalue weighted by Gasteiger charge is -2.06. The molecule has 15 heavy (non-hydrogen) atoms. The molecule has 0 spiro atoms. The number of oxime groups is 1. The van der Waals surface area contributed by atoms with Gasteiger partial charge < -0.3 is 9.94 Å². The van der Waals surface area contributed by atoms with Gasteiger partial charge in [-0.1, -0.05) is 29.4 Å². The number of nitrogens with zero attached hydrogens (tertiary/aromatic N) is 1. The van der Waals surface area contributed by atoms with Gasteiger partial charge >= 0.3 is 5.97 Å². The molecule has 0 aromatic heterocycles. The molecule has 0 bridgehead atoms. The number of carbonyl (C=O) groups is 1. The van der Waals surface area contributed by atoms with E-state index < -0.39 is 5.97 Å². The Morgan fingerprint density at radius 2 is 2.20 bits per heavy atom.